The number of carbonyl (C=O) groups is 1. The Kier molecular flexibility index (Phi) is 5.88. The van der Waals surface area contributed by atoms with Crippen molar-refractivity contribution in [1.29, 1.82) is 0 Å². The molecular weight excluding hydrogens is 378 g/mol. The lowest BCUT2D eigenvalue weighted by atomic mass is 9.86. The molecule has 2 aromatic heterocycles. The SMILES string of the molecule is CC1CCCCC1NC(=O)CCSCc1nc2sc3c(c2c(=O)[nH]1)CCC3. The maximum Gasteiger partial charge on any atom is 0.259 e. The normalized spacial score (nSPS) is 22.1. The van der Waals surface area contributed by atoms with Gasteiger partial charge in [-0.05, 0) is 43.6 Å². The summed E-state index contributed by atoms with van der Waals surface area (Å²) >= 11 is 3.33. The molecule has 27 heavy (non-hydrogen) atoms. The van der Waals surface area contributed by atoms with Gasteiger partial charge in [-0.2, -0.15) is 11.8 Å². The van der Waals surface area contributed by atoms with Crippen LogP contribution in [0.2, 0.25) is 0 Å². The average molecular weight is 406 g/mol. The molecule has 4 rings (SSSR count). The van der Waals surface area contributed by atoms with E-state index in [0.29, 0.717) is 24.1 Å². The Hall–Kier alpha value is -1.34. The van der Waals surface area contributed by atoms with E-state index in [4.69, 9.17) is 0 Å². The molecule has 2 unspecified atom stereocenters. The second-order valence-corrected chi connectivity index (χ2v) is 9.98. The van der Waals surface area contributed by atoms with Crippen LogP contribution >= 0.6 is 23.1 Å². The Labute approximate surface area is 167 Å². The van der Waals surface area contributed by atoms with Crippen LogP contribution in [-0.4, -0.2) is 27.7 Å². The number of nitrogens with one attached hydrogen (secondary N) is 2. The van der Waals surface area contributed by atoms with Gasteiger partial charge in [0.15, 0.2) is 0 Å². The Morgan fingerprint density at radius 2 is 2.15 bits per heavy atom. The van der Waals surface area contributed by atoms with Crippen LogP contribution in [-0.2, 0) is 23.4 Å². The molecule has 0 radical (unpaired) electrons. The Balaban J connectivity index is 1.28. The van der Waals surface area contributed by atoms with Gasteiger partial charge < -0.3 is 10.3 Å². The zero-order chi connectivity index (χ0) is 18.8. The first-order chi connectivity index (χ1) is 13.1. The molecule has 0 spiro atoms. The van der Waals surface area contributed by atoms with E-state index in [1.165, 1.54) is 29.7 Å². The van der Waals surface area contributed by atoms with Crippen LogP contribution < -0.4 is 10.9 Å². The van der Waals surface area contributed by atoms with E-state index in [-0.39, 0.29) is 11.5 Å². The molecule has 2 aliphatic carbocycles. The Bertz CT molecular complexity index is 889. The van der Waals surface area contributed by atoms with Crippen LogP contribution in [0.3, 0.4) is 0 Å². The quantitative estimate of drug-likeness (QED) is 0.717. The van der Waals surface area contributed by atoms with Gasteiger partial charge in [-0.3, -0.25) is 9.59 Å². The molecule has 1 saturated carbocycles. The number of aromatic amines is 1. The smallest absolute Gasteiger partial charge is 0.259 e. The van der Waals surface area contributed by atoms with Gasteiger partial charge in [0.1, 0.15) is 10.7 Å². The highest BCUT2D eigenvalue weighted by Gasteiger charge is 2.23. The minimum atomic E-state index is -0.000899. The Morgan fingerprint density at radius 1 is 1.30 bits per heavy atom. The standard InChI is InChI=1S/C20H27N3O2S2/c1-12-5-2-3-7-14(12)21-17(24)9-10-26-11-16-22-19(25)18-13-6-4-8-15(13)27-20(18)23-16/h12,14H,2-11H2,1H3,(H,21,24)(H,22,23,25). The van der Waals surface area contributed by atoms with Crippen molar-refractivity contribution in [2.24, 2.45) is 5.92 Å². The second-order valence-electron chi connectivity index (χ2n) is 7.79. The fraction of sp³-hybridized carbons (Fsp3) is 0.650. The highest BCUT2D eigenvalue weighted by molar-refractivity contribution is 7.98. The minimum Gasteiger partial charge on any atom is -0.353 e. The van der Waals surface area contributed by atoms with Crippen molar-refractivity contribution >= 4 is 39.2 Å². The molecule has 1 fully saturated rings. The summed E-state index contributed by atoms with van der Waals surface area (Å²) in [5.41, 5.74) is 1.22. The summed E-state index contributed by atoms with van der Waals surface area (Å²) in [6.45, 7) is 2.23. The molecule has 2 aliphatic rings. The van der Waals surface area contributed by atoms with Crippen LogP contribution in [0.25, 0.3) is 10.2 Å². The monoisotopic (exact) mass is 405 g/mol. The molecule has 0 aromatic carbocycles. The minimum absolute atomic E-state index is 0.000899. The van der Waals surface area contributed by atoms with E-state index in [1.807, 2.05) is 0 Å². The molecule has 0 saturated heterocycles. The van der Waals surface area contributed by atoms with E-state index >= 15 is 0 Å². The molecule has 5 nitrogen and oxygen atoms in total. The number of nitrogens with zero attached hydrogens (tertiary/aromatic N) is 1. The summed E-state index contributed by atoms with van der Waals surface area (Å²) in [5.74, 6) is 2.84. The molecule has 2 aromatic rings. The summed E-state index contributed by atoms with van der Waals surface area (Å²) in [5, 5.41) is 4.01. The molecule has 2 N–H and O–H groups in total. The molecule has 2 atom stereocenters. The van der Waals surface area contributed by atoms with Crippen LogP contribution in [0.5, 0.6) is 0 Å². The zero-order valence-corrected chi connectivity index (χ0v) is 17.4. The van der Waals surface area contributed by atoms with Crippen molar-refractivity contribution in [3.05, 3.63) is 26.6 Å². The third-order valence-electron chi connectivity index (χ3n) is 5.79. The molecule has 146 valence electrons. The van der Waals surface area contributed by atoms with Crippen molar-refractivity contribution in [2.75, 3.05) is 5.75 Å². The lowest BCUT2D eigenvalue weighted by Crippen LogP contribution is -2.41. The highest BCUT2D eigenvalue weighted by atomic mass is 32.2. The summed E-state index contributed by atoms with van der Waals surface area (Å²) < 4.78 is 0. The van der Waals surface area contributed by atoms with Crippen LogP contribution in [0.15, 0.2) is 4.79 Å². The summed E-state index contributed by atoms with van der Waals surface area (Å²) in [6.07, 6.45) is 8.58. The first-order valence-corrected chi connectivity index (χ1v) is 12.0. The summed E-state index contributed by atoms with van der Waals surface area (Å²) in [4.78, 5) is 34.4. The molecule has 2 heterocycles. The van der Waals surface area contributed by atoms with Gasteiger partial charge in [-0.1, -0.05) is 19.8 Å². The maximum absolute atomic E-state index is 12.5. The van der Waals surface area contributed by atoms with E-state index in [9.17, 15) is 9.59 Å². The van der Waals surface area contributed by atoms with Crippen molar-refractivity contribution in [3.63, 3.8) is 0 Å². The van der Waals surface area contributed by atoms with Gasteiger partial charge in [0.25, 0.3) is 5.56 Å². The number of rotatable bonds is 6. The number of carbonyl (C=O) groups excluding carboxylic acids is 1. The van der Waals surface area contributed by atoms with Gasteiger partial charge in [-0.25, -0.2) is 4.98 Å². The predicted octanol–water partition coefficient (Wildman–Crippen LogP) is 3.79. The Morgan fingerprint density at radius 3 is 3.00 bits per heavy atom. The lowest BCUT2D eigenvalue weighted by Gasteiger charge is -2.29. The third kappa shape index (κ3) is 4.24. The molecule has 0 aliphatic heterocycles. The molecular formula is C20H27N3O2S2. The van der Waals surface area contributed by atoms with Crippen LogP contribution in [0.4, 0.5) is 0 Å². The summed E-state index contributed by atoms with van der Waals surface area (Å²) in [6, 6.07) is 0.345. The topological polar surface area (TPSA) is 74.8 Å². The fourth-order valence-corrected chi connectivity index (χ4v) is 6.34. The second kappa shape index (κ2) is 8.35. The van der Waals surface area contributed by atoms with Gasteiger partial charge in [0.05, 0.1) is 11.1 Å². The number of thiophene rings is 1. The highest BCUT2D eigenvalue weighted by Crippen LogP contribution is 2.34. The van der Waals surface area contributed by atoms with Gasteiger partial charge in [0.2, 0.25) is 5.91 Å². The third-order valence-corrected chi connectivity index (χ3v) is 7.95. The average Bonchev–Trinajstić information content (AvgIpc) is 3.21. The van der Waals surface area contributed by atoms with Crippen molar-refractivity contribution < 1.29 is 4.79 Å². The fourth-order valence-electron chi connectivity index (χ4n) is 4.26. The number of aromatic nitrogens is 2. The summed E-state index contributed by atoms with van der Waals surface area (Å²) in [7, 11) is 0. The van der Waals surface area contributed by atoms with Crippen molar-refractivity contribution in [3.8, 4) is 0 Å². The van der Waals surface area contributed by atoms with E-state index in [0.717, 1.165) is 47.5 Å². The van der Waals surface area contributed by atoms with Crippen molar-refractivity contribution in [2.45, 2.75) is 70.1 Å². The van der Waals surface area contributed by atoms with Gasteiger partial charge in [-0.15, -0.1) is 11.3 Å². The zero-order valence-electron chi connectivity index (χ0n) is 15.8. The first kappa shape index (κ1) is 19.0. The van der Waals surface area contributed by atoms with Gasteiger partial charge in [0, 0.05) is 23.1 Å². The lowest BCUT2D eigenvalue weighted by molar-refractivity contribution is -0.121. The van der Waals surface area contributed by atoms with Crippen LogP contribution in [0.1, 0.15) is 61.7 Å². The maximum atomic E-state index is 12.5. The number of hydrogen-bond acceptors (Lipinski definition) is 5. The van der Waals surface area contributed by atoms with E-state index < -0.39 is 0 Å². The number of thioether (sulfide) groups is 1. The molecule has 0 bridgehead atoms. The predicted molar refractivity (Wildman–Crippen MR) is 113 cm³/mol. The van der Waals surface area contributed by atoms with Crippen molar-refractivity contribution in [1.82, 2.24) is 15.3 Å². The van der Waals surface area contributed by atoms with E-state index in [1.54, 1.807) is 23.1 Å². The number of aryl methyl sites for hydroxylation is 2. The largest absolute Gasteiger partial charge is 0.353 e. The number of H-pyrrole nitrogens is 1. The van der Waals surface area contributed by atoms with Crippen LogP contribution in [0, 0.1) is 5.92 Å². The van der Waals surface area contributed by atoms with Gasteiger partial charge >= 0.3 is 0 Å². The number of hydrogen-bond donors (Lipinski definition) is 2. The number of fused-ring (bicyclic) bond motifs is 3. The van der Waals surface area contributed by atoms with E-state index in [2.05, 4.69) is 22.2 Å². The molecule has 7 heteroatoms. The number of amides is 1. The first-order valence-electron chi connectivity index (χ1n) is 10.0. The molecule has 1 amide bonds.